The number of fused-ring (bicyclic) bond motifs is 2. The molecule has 0 amide bonds. The van der Waals surface area contributed by atoms with Gasteiger partial charge >= 0.3 is 0 Å². The standard InChI is InChI=1S/C8H8O2.H3N/c9-8(10)7-3-5-1-6(2-5)4-7;/h1,3-4,8-10H,2H2;1H3. The van der Waals surface area contributed by atoms with E-state index in [2.05, 4.69) is 0 Å². The van der Waals surface area contributed by atoms with E-state index in [9.17, 15) is 0 Å². The van der Waals surface area contributed by atoms with Gasteiger partial charge in [-0.15, -0.1) is 0 Å². The highest BCUT2D eigenvalue weighted by Gasteiger charge is 2.13. The van der Waals surface area contributed by atoms with Crippen molar-refractivity contribution in [3.8, 4) is 0 Å². The summed E-state index contributed by atoms with van der Waals surface area (Å²) in [5.41, 5.74) is 3.00. The molecule has 0 saturated carbocycles. The highest BCUT2D eigenvalue weighted by molar-refractivity contribution is 5.42. The van der Waals surface area contributed by atoms with Crippen LogP contribution in [0.3, 0.4) is 0 Å². The number of benzene rings is 1. The van der Waals surface area contributed by atoms with Crippen LogP contribution in [0.15, 0.2) is 18.2 Å². The summed E-state index contributed by atoms with van der Waals surface area (Å²) in [6, 6.07) is 5.68. The Bertz CT molecular complexity index is 251. The molecule has 0 aliphatic heterocycles. The molecule has 5 N–H and O–H groups in total. The van der Waals surface area contributed by atoms with Gasteiger partial charge in [-0.05, 0) is 17.5 Å². The predicted octanol–water partition coefficient (Wildman–Crippen LogP) is 0.736. The zero-order valence-corrected chi connectivity index (χ0v) is 6.12. The summed E-state index contributed by atoms with van der Waals surface area (Å²) in [5, 5.41) is 17.5. The topological polar surface area (TPSA) is 75.5 Å². The van der Waals surface area contributed by atoms with E-state index >= 15 is 0 Å². The second-order valence-corrected chi connectivity index (χ2v) is 2.63. The maximum Gasteiger partial charge on any atom is 0.178 e. The summed E-state index contributed by atoms with van der Waals surface area (Å²) in [5.74, 6) is 0. The molecule has 2 bridgehead atoms. The van der Waals surface area contributed by atoms with Crippen LogP contribution in [0.1, 0.15) is 23.0 Å². The van der Waals surface area contributed by atoms with Crippen molar-refractivity contribution in [3.05, 3.63) is 34.9 Å². The van der Waals surface area contributed by atoms with E-state index < -0.39 is 6.29 Å². The lowest BCUT2D eigenvalue weighted by Crippen LogP contribution is -2.05. The molecule has 0 aromatic heterocycles. The lowest BCUT2D eigenvalue weighted by Gasteiger charge is -2.17. The molecule has 3 rings (SSSR count). The predicted molar refractivity (Wildman–Crippen MR) is 41.4 cm³/mol. The van der Waals surface area contributed by atoms with Crippen LogP contribution in [0.25, 0.3) is 0 Å². The van der Waals surface area contributed by atoms with Crippen molar-refractivity contribution < 1.29 is 10.2 Å². The van der Waals surface area contributed by atoms with Crippen LogP contribution in [0.5, 0.6) is 0 Å². The molecule has 0 fully saturated rings. The molecule has 3 heteroatoms. The maximum atomic E-state index is 8.73. The zero-order valence-electron chi connectivity index (χ0n) is 6.12. The third kappa shape index (κ3) is 1.26. The summed E-state index contributed by atoms with van der Waals surface area (Å²) in [4.78, 5) is 0. The molecular formula is C8H11NO2. The van der Waals surface area contributed by atoms with Crippen LogP contribution in [-0.2, 0) is 6.42 Å². The third-order valence-corrected chi connectivity index (χ3v) is 1.78. The summed E-state index contributed by atoms with van der Waals surface area (Å²) in [6.45, 7) is 0. The Kier molecular flexibility index (Phi) is 1.95. The second kappa shape index (κ2) is 2.62. The number of rotatable bonds is 1. The van der Waals surface area contributed by atoms with Crippen molar-refractivity contribution in [2.24, 2.45) is 0 Å². The first-order chi connectivity index (χ1) is 4.75. The molecule has 2 aliphatic carbocycles. The van der Waals surface area contributed by atoms with Gasteiger partial charge in [0.2, 0.25) is 0 Å². The lowest BCUT2D eigenvalue weighted by atomic mass is 9.90. The Morgan fingerprint density at radius 3 is 1.82 bits per heavy atom. The van der Waals surface area contributed by atoms with Crippen LogP contribution in [-0.4, -0.2) is 10.2 Å². The zero-order chi connectivity index (χ0) is 7.14. The van der Waals surface area contributed by atoms with Crippen molar-refractivity contribution >= 4 is 0 Å². The van der Waals surface area contributed by atoms with Crippen molar-refractivity contribution in [1.82, 2.24) is 6.15 Å². The summed E-state index contributed by atoms with van der Waals surface area (Å²) in [7, 11) is 0. The van der Waals surface area contributed by atoms with Crippen molar-refractivity contribution in [2.45, 2.75) is 12.7 Å². The van der Waals surface area contributed by atoms with E-state index in [-0.39, 0.29) is 6.15 Å². The Morgan fingerprint density at radius 1 is 1.09 bits per heavy atom. The van der Waals surface area contributed by atoms with Gasteiger partial charge in [-0.3, -0.25) is 0 Å². The number of hydrogen-bond donors (Lipinski definition) is 3. The smallest absolute Gasteiger partial charge is 0.178 e. The highest BCUT2D eigenvalue weighted by Crippen LogP contribution is 2.25. The van der Waals surface area contributed by atoms with E-state index in [0.29, 0.717) is 5.56 Å². The fourth-order valence-electron chi connectivity index (χ4n) is 1.25. The molecule has 1 aromatic carbocycles. The van der Waals surface area contributed by atoms with E-state index in [0.717, 1.165) is 6.42 Å². The molecule has 2 aliphatic rings. The average molecular weight is 153 g/mol. The van der Waals surface area contributed by atoms with Gasteiger partial charge in [-0.1, -0.05) is 18.2 Å². The van der Waals surface area contributed by atoms with Crippen LogP contribution in [0, 0.1) is 0 Å². The summed E-state index contributed by atoms with van der Waals surface area (Å²) < 4.78 is 0. The molecule has 0 radical (unpaired) electrons. The SMILES string of the molecule is N.OC(O)c1cc2cc(c1)C2. The molecule has 3 nitrogen and oxygen atoms in total. The van der Waals surface area contributed by atoms with Crippen LogP contribution < -0.4 is 6.15 Å². The van der Waals surface area contributed by atoms with E-state index in [1.165, 1.54) is 11.1 Å². The maximum absolute atomic E-state index is 8.73. The van der Waals surface area contributed by atoms with Gasteiger partial charge in [0.25, 0.3) is 0 Å². The van der Waals surface area contributed by atoms with Crippen molar-refractivity contribution in [2.75, 3.05) is 0 Å². The molecule has 11 heavy (non-hydrogen) atoms. The molecule has 0 unspecified atom stereocenters. The van der Waals surface area contributed by atoms with Crippen LogP contribution in [0.2, 0.25) is 0 Å². The third-order valence-electron chi connectivity index (χ3n) is 1.78. The fourth-order valence-corrected chi connectivity index (χ4v) is 1.25. The molecule has 0 atom stereocenters. The average Bonchev–Trinajstić information content (AvgIpc) is 1.86. The Balaban J connectivity index is 0.000000605. The first-order valence-corrected chi connectivity index (χ1v) is 3.24. The van der Waals surface area contributed by atoms with Crippen molar-refractivity contribution in [1.29, 1.82) is 0 Å². The van der Waals surface area contributed by atoms with Crippen LogP contribution in [0.4, 0.5) is 0 Å². The number of hydrogen-bond acceptors (Lipinski definition) is 3. The first-order valence-electron chi connectivity index (χ1n) is 3.24. The quantitative estimate of drug-likeness (QED) is 0.529. The molecule has 0 spiro atoms. The van der Waals surface area contributed by atoms with Crippen LogP contribution >= 0.6 is 0 Å². The van der Waals surface area contributed by atoms with E-state index in [1.54, 1.807) is 0 Å². The van der Waals surface area contributed by atoms with Gasteiger partial charge in [0.15, 0.2) is 6.29 Å². The van der Waals surface area contributed by atoms with Gasteiger partial charge in [0.1, 0.15) is 0 Å². The summed E-state index contributed by atoms with van der Waals surface area (Å²) in [6.07, 6.45) is -0.310. The Labute approximate surface area is 64.9 Å². The monoisotopic (exact) mass is 153 g/mol. The van der Waals surface area contributed by atoms with E-state index in [1.807, 2.05) is 18.2 Å². The minimum Gasteiger partial charge on any atom is -0.364 e. The fraction of sp³-hybridized carbons (Fsp3) is 0.250. The lowest BCUT2D eigenvalue weighted by molar-refractivity contribution is -0.0427. The first kappa shape index (κ1) is 8.20. The minimum atomic E-state index is -1.31. The molecule has 0 heterocycles. The van der Waals surface area contributed by atoms with Gasteiger partial charge in [-0.2, -0.15) is 0 Å². The minimum absolute atomic E-state index is 0. The molecule has 1 aromatic rings. The Hall–Kier alpha value is -0.900. The molecule has 60 valence electrons. The van der Waals surface area contributed by atoms with Crippen molar-refractivity contribution in [3.63, 3.8) is 0 Å². The normalized spacial score (nSPS) is 12.3. The molecular weight excluding hydrogens is 142 g/mol. The van der Waals surface area contributed by atoms with Gasteiger partial charge in [0.05, 0.1) is 0 Å². The van der Waals surface area contributed by atoms with Gasteiger partial charge in [-0.25, -0.2) is 0 Å². The van der Waals surface area contributed by atoms with Gasteiger partial charge < -0.3 is 16.4 Å². The Morgan fingerprint density at radius 2 is 1.55 bits per heavy atom. The largest absolute Gasteiger partial charge is 0.364 e. The molecule has 0 saturated heterocycles. The second-order valence-electron chi connectivity index (χ2n) is 2.63. The van der Waals surface area contributed by atoms with Gasteiger partial charge in [0, 0.05) is 5.56 Å². The highest BCUT2D eigenvalue weighted by atomic mass is 16.5. The number of aliphatic hydroxyl groups excluding tert-OH is 1. The number of aliphatic hydroxyl groups is 2. The summed E-state index contributed by atoms with van der Waals surface area (Å²) >= 11 is 0. The van der Waals surface area contributed by atoms with E-state index in [4.69, 9.17) is 10.2 Å².